The van der Waals surface area contributed by atoms with Crippen LogP contribution in [0.4, 0.5) is 10.1 Å². The topological polar surface area (TPSA) is 49.4 Å². The fourth-order valence-corrected chi connectivity index (χ4v) is 6.11. The highest BCUT2D eigenvalue weighted by atomic mass is 32.2. The fourth-order valence-electron chi connectivity index (χ4n) is 5.05. The van der Waals surface area contributed by atoms with Crippen LogP contribution in [0.3, 0.4) is 0 Å². The number of hydrogen-bond acceptors (Lipinski definition) is 3. The molecule has 6 heteroatoms. The Labute approximate surface area is 209 Å². The number of carbonyl (C=O) groups is 2. The third-order valence-corrected chi connectivity index (χ3v) is 8.55. The van der Waals surface area contributed by atoms with E-state index in [1.807, 2.05) is 30.3 Å². The van der Waals surface area contributed by atoms with E-state index in [2.05, 4.69) is 19.2 Å². The highest BCUT2D eigenvalue weighted by Crippen LogP contribution is 2.42. The van der Waals surface area contributed by atoms with E-state index in [4.69, 9.17) is 0 Å². The average molecular weight is 489 g/mol. The predicted molar refractivity (Wildman–Crippen MR) is 137 cm³/mol. The molecule has 1 N–H and O–H groups in total. The van der Waals surface area contributed by atoms with E-state index in [0.29, 0.717) is 34.2 Å². The van der Waals surface area contributed by atoms with Gasteiger partial charge in [-0.15, -0.1) is 0 Å². The van der Waals surface area contributed by atoms with E-state index in [9.17, 15) is 14.0 Å². The molecule has 1 fully saturated rings. The second-order valence-corrected chi connectivity index (χ2v) is 10.7. The first-order valence-corrected chi connectivity index (χ1v) is 13.0. The zero-order valence-corrected chi connectivity index (χ0v) is 20.8. The largest absolute Gasteiger partial charge is 0.349 e. The molecule has 5 rings (SSSR count). The number of rotatable bonds is 4. The molecule has 1 aliphatic heterocycles. The van der Waals surface area contributed by atoms with Crippen molar-refractivity contribution in [1.82, 2.24) is 5.32 Å². The number of nitrogens with one attached hydrogen (secondary N) is 1. The lowest BCUT2D eigenvalue weighted by Crippen LogP contribution is -2.43. The van der Waals surface area contributed by atoms with E-state index < -0.39 is 0 Å². The fraction of sp³-hybridized carbons (Fsp3) is 0.310. The van der Waals surface area contributed by atoms with Crippen molar-refractivity contribution >= 4 is 29.3 Å². The van der Waals surface area contributed by atoms with Gasteiger partial charge in [-0.3, -0.25) is 9.59 Å². The highest BCUT2D eigenvalue weighted by molar-refractivity contribution is 7.99. The summed E-state index contributed by atoms with van der Waals surface area (Å²) < 4.78 is 14.6. The number of carbonyl (C=O) groups excluding carboxylic acids is 2. The molecule has 1 heterocycles. The number of amides is 2. The highest BCUT2D eigenvalue weighted by Gasteiger charge is 2.31. The summed E-state index contributed by atoms with van der Waals surface area (Å²) in [7, 11) is 0. The summed E-state index contributed by atoms with van der Waals surface area (Å²) >= 11 is 1.49. The molecule has 4 nitrogen and oxygen atoms in total. The molecule has 35 heavy (non-hydrogen) atoms. The molecule has 1 saturated carbocycles. The van der Waals surface area contributed by atoms with Crippen molar-refractivity contribution in [1.29, 1.82) is 0 Å². The Morgan fingerprint density at radius 3 is 2.63 bits per heavy atom. The maximum Gasteiger partial charge on any atom is 0.259 e. The smallest absolute Gasteiger partial charge is 0.259 e. The second kappa shape index (κ2) is 9.86. The summed E-state index contributed by atoms with van der Waals surface area (Å²) in [4.78, 5) is 30.2. The molecular formula is C29H29FN2O2S. The van der Waals surface area contributed by atoms with Gasteiger partial charge in [0.05, 0.1) is 17.8 Å². The SMILES string of the molecule is C[C@H]1[C@H](C)CCC[C@@H]1NC(=O)c1ccc2c(c1)N(Cc1ccccc1F)C(=O)c1ccccc1S2. The van der Waals surface area contributed by atoms with E-state index in [1.165, 1.54) is 24.2 Å². The minimum absolute atomic E-state index is 0.0790. The minimum atomic E-state index is -0.360. The van der Waals surface area contributed by atoms with Crippen LogP contribution in [0, 0.1) is 17.7 Å². The molecular weight excluding hydrogens is 459 g/mol. The molecule has 2 aliphatic rings. The van der Waals surface area contributed by atoms with Gasteiger partial charge in [0, 0.05) is 27.0 Å². The van der Waals surface area contributed by atoms with E-state index >= 15 is 0 Å². The van der Waals surface area contributed by atoms with Gasteiger partial charge in [0.2, 0.25) is 0 Å². The molecule has 180 valence electrons. The molecule has 0 bridgehead atoms. The van der Waals surface area contributed by atoms with Crippen LogP contribution in [0.5, 0.6) is 0 Å². The Hall–Kier alpha value is -3.12. The molecule has 0 saturated heterocycles. The van der Waals surface area contributed by atoms with Gasteiger partial charge in [-0.25, -0.2) is 4.39 Å². The quantitative estimate of drug-likeness (QED) is 0.445. The maximum absolute atomic E-state index is 14.6. The third-order valence-electron chi connectivity index (χ3n) is 7.40. The third kappa shape index (κ3) is 4.72. The first kappa shape index (κ1) is 23.6. The number of fused-ring (bicyclic) bond motifs is 2. The van der Waals surface area contributed by atoms with Gasteiger partial charge < -0.3 is 10.2 Å². The molecule has 0 radical (unpaired) electrons. The van der Waals surface area contributed by atoms with Crippen LogP contribution >= 0.6 is 11.8 Å². The zero-order chi connectivity index (χ0) is 24.5. The number of benzene rings is 3. The van der Waals surface area contributed by atoms with E-state index in [1.54, 1.807) is 35.2 Å². The van der Waals surface area contributed by atoms with Crippen molar-refractivity contribution in [2.75, 3.05) is 4.90 Å². The zero-order valence-electron chi connectivity index (χ0n) is 20.0. The lowest BCUT2D eigenvalue weighted by Gasteiger charge is -2.34. The first-order chi connectivity index (χ1) is 16.9. The van der Waals surface area contributed by atoms with Crippen LogP contribution < -0.4 is 10.2 Å². The summed E-state index contributed by atoms with van der Waals surface area (Å²) in [6.07, 6.45) is 3.28. The van der Waals surface area contributed by atoms with Crippen LogP contribution in [-0.4, -0.2) is 17.9 Å². The Morgan fingerprint density at radius 1 is 1.03 bits per heavy atom. The molecule has 3 aromatic rings. The van der Waals surface area contributed by atoms with Crippen molar-refractivity contribution < 1.29 is 14.0 Å². The van der Waals surface area contributed by atoms with Crippen molar-refractivity contribution in [3.8, 4) is 0 Å². The van der Waals surface area contributed by atoms with Crippen molar-refractivity contribution in [3.05, 3.63) is 89.2 Å². The number of hydrogen-bond donors (Lipinski definition) is 1. The van der Waals surface area contributed by atoms with Crippen molar-refractivity contribution in [2.24, 2.45) is 11.8 Å². The molecule has 0 spiro atoms. The van der Waals surface area contributed by atoms with Crippen LogP contribution in [0.25, 0.3) is 0 Å². The van der Waals surface area contributed by atoms with Crippen LogP contribution in [0.15, 0.2) is 76.5 Å². The average Bonchev–Trinajstić information content (AvgIpc) is 2.97. The van der Waals surface area contributed by atoms with Crippen LogP contribution in [0.2, 0.25) is 0 Å². The normalized spacial score (nSPS) is 21.6. The van der Waals surface area contributed by atoms with E-state index in [0.717, 1.165) is 22.6 Å². The lowest BCUT2D eigenvalue weighted by atomic mass is 9.78. The summed E-state index contributed by atoms with van der Waals surface area (Å²) in [5, 5.41) is 3.23. The van der Waals surface area contributed by atoms with Gasteiger partial charge in [-0.1, -0.05) is 68.8 Å². The maximum atomic E-state index is 14.6. The van der Waals surface area contributed by atoms with Crippen molar-refractivity contribution in [2.45, 2.75) is 55.5 Å². The summed E-state index contributed by atoms with van der Waals surface area (Å²) in [5.74, 6) is 0.287. The summed E-state index contributed by atoms with van der Waals surface area (Å²) in [6, 6.07) is 19.6. The second-order valence-electron chi connectivity index (χ2n) is 9.61. The van der Waals surface area contributed by atoms with Crippen molar-refractivity contribution in [3.63, 3.8) is 0 Å². The van der Waals surface area contributed by atoms with Gasteiger partial charge in [-0.2, -0.15) is 0 Å². The monoisotopic (exact) mass is 488 g/mol. The molecule has 1 aliphatic carbocycles. The molecule has 0 aromatic heterocycles. The lowest BCUT2D eigenvalue weighted by molar-refractivity contribution is 0.0889. The Bertz CT molecular complexity index is 1280. The van der Waals surface area contributed by atoms with E-state index in [-0.39, 0.29) is 30.2 Å². The van der Waals surface area contributed by atoms with Gasteiger partial charge in [-0.05, 0) is 54.7 Å². The Morgan fingerprint density at radius 2 is 1.80 bits per heavy atom. The minimum Gasteiger partial charge on any atom is -0.349 e. The Kier molecular flexibility index (Phi) is 6.65. The number of nitrogens with zero attached hydrogens (tertiary/aromatic N) is 1. The van der Waals surface area contributed by atoms with Gasteiger partial charge in [0.15, 0.2) is 0 Å². The van der Waals surface area contributed by atoms with Gasteiger partial charge in [0.1, 0.15) is 5.82 Å². The van der Waals surface area contributed by atoms with Crippen LogP contribution in [-0.2, 0) is 6.54 Å². The molecule has 3 atom stereocenters. The summed E-state index contributed by atoms with van der Waals surface area (Å²) in [5.41, 5.74) is 2.13. The molecule has 2 amide bonds. The number of anilines is 1. The Balaban J connectivity index is 1.52. The predicted octanol–water partition coefficient (Wildman–Crippen LogP) is 6.69. The summed E-state index contributed by atoms with van der Waals surface area (Å²) in [6.45, 7) is 4.52. The van der Waals surface area contributed by atoms with Crippen LogP contribution in [0.1, 0.15) is 59.4 Å². The number of halogens is 1. The molecule has 0 unspecified atom stereocenters. The van der Waals surface area contributed by atoms with Gasteiger partial charge >= 0.3 is 0 Å². The van der Waals surface area contributed by atoms with Gasteiger partial charge in [0.25, 0.3) is 11.8 Å². The first-order valence-electron chi connectivity index (χ1n) is 12.2. The standard InChI is InChI=1S/C29H29FN2O2S/c1-18-8-7-12-24(19(18)2)31-28(33)20-14-15-27-25(16-20)32(17-21-9-3-5-11-23(21)30)29(34)22-10-4-6-13-26(22)35-27/h3-6,9-11,13-16,18-19,24H,7-8,12,17H2,1-2H3,(H,31,33)/t18-,19+,24+/m1/s1. The molecule has 3 aromatic carbocycles.